The molecule has 0 heterocycles. The summed E-state index contributed by atoms with van der Waals surface area (Å²) >= 11 is 0. The third-order valence-corrected chi connectivity index (χ3v) is 12.7. The van der Waals surface area contributed by atoms with Crippen molar-refractivity contribution >= 4 is 0 Å². The van der Waals surface area contributed by atoms with E-state index in [1.165, 1.54) is 32.1 Å². The van der Waals surface area contributed by atoms with Crippen molar-refractivity contribution in [2.75, 3.05) is 0 Å². The van der Waals surface area contributed by atoms with Crippen LogP contribution in [0, 0.1) is 58.2 Å². The monoisotopic (exact) mass is 484 g/mol. The molecule has 34 heavy (non-hydrogen) atoms. The Balaban J connectivity index is 1.33. The van der Waals surface area contributed by atoms with E-state index in [0.29, 0.717) is 29.6 Å². The highest BCUT2D eigenvalue weighted by Crippen LogP contribution is 2.77. The fourth-order valence-corrected chi connectivity index (χ4v) is 10.6. The molecule has 0 bridgehead atoms. The Kier molecular flexibility index (Phi) is 5.86. The van der Waals surface area contributed by atoms with Crippen molar-refractivity contribution in [1.29, 1.82) is 0 Å². The molecule has 0 unspecified atom stereocenters. The molecule has 5 aliphatic rings. The Labute approximate surface area is 204 Å². The molecule has 5 saturated carbocycles. The van der Waals surface area contributed by atoms with Crippen LogP contribution in [0.5, 0.6) is 0 Å². The van der Waals surface area contributed by atoms with Crippen molar-refractivity contribution in [3.05, 3.63) is 0 Å². The maximum atomic E-state index is 13.3. The molecule has 2 nitrogen and oxygen atoms in total. The van der Waals surface area contributed by atoms with Gasteiger partial charge in [-0.2, -0.15) is 13.2 Å². The molecule has 0 aliphatic heterocycles. The minimum absolute atomic E-state index is 0.196. The van der Waals surface area contributed by atoms with Gasteiger partial charge < -0.3 is 10.2 Å². The number of hydrogen-bond donors (Lipinski definition) is 2. The molecular formula is C29H47F3O2. The van der Waals surface area contributed by atoms with Crippen LogP contribution in [0.1, 0.15) is 105 Å². The number of hydrogen-bond acceptors (Lipinski definition) is 2. The molecule has 5 aliphatic carbocycles. The highest BCUT2D eigenvalue weighted by atomic mass is 19.4. The molecule has 0 aromatic carbocycles. The number of alkyl halides is 3. The van der Waals surface area contributed by atoms with E-state index >= 15 is 0 Å². The molecule has 12 atom stereocenters. The number of rotatable bonds is 5. The molecular weight excluding hydrogens is 437 g/mol. The van der Waals surface area contributed by atoms with Gasteiger partial charge in [-0.25, -0.2) is 0 Å². The van der Waals surface area contributed by atoms with Crippen molar-refractivity contribution in [2.24, 2.45) is 58.2 Å². The van der Waals surface area contributed by atoms with E-state index in [-0.39, 0.29) is 17.8 Å². The Morgan fingerprint density at radius 3 is 2.32 bits per heavy atom. The average molecular weight is 485 g/mol. The Hall–Kier alpha value is -0.290. The first-order chi connectivity index (χ1) is 15.7. The van der Waals surface area contributed by atoms with Gasteiger partial charge in [0.05, 0.1) is 5.60 Å². The van der Waals surface area contributed by atoms with E-state index < -0.39 is 17.4 Å². The highest BCUT2D eigenvalue weighted by Gasteiger charge is 2.71. The summed E-state index contributed by atoms with van der Waals surface area (Å²) in [6, 6.07) is 0. The van der Waals surface area contributed by atoms with Crippen molar-refractivity contribution in [3.63, 3.8) is 0 Å². The average Bonchev–Trinajstić information content (AvgIpc) is 3.46. The fraction of sp³-hybridized carbons (Fsp3) is 1.00. The second kappa shape index (κ2) is 7.85. The molecule has 5 rings (SSSR count). The lowest BCUT2D eigenvalue weighted by molar-refractivity contribution is -0.256. The van der Waals surface area contributed by atoms with Gasteiger partial charge in [0.2, 0.25) is 0 Å². The van der Waals surface area contributed by atoms with Gasteiger partial charge in [0, 0.05) is 0 Å². The standard InChI is InChI=1S/C29H47F3O2/c1-6-28(34)14-13-25(3)18(16-28)7-8-19-22(25)10-11-26(4)23(20-15-21(20)24(19)26)17(2)9-12-27(5,33)29(30,31)32/h17-24,33-34H,6-16H2,1-5H3/t17-,18+,19-,20-,21+,22+,23+,24-,25+,26-,27-,28+/m1/s1. The normalized spacial score (nSPS) is 52.6. The molecule has 5 fully saturated rings. The minimum atomic E-state index is -4.56. The Bertz CT molecular complexity index is 795. The lowest BCUT2D eigenvalue weighted by Gasteiger charge is -2.63. The summed E-state index contributed by atoms with van der Waals surface area (Å²) in [6.07, 6.45) is 5.84. The van der Waals surface area contributed by atoms with Crippen LogP contribution in [-0.2, 0) is 0 Å². The zero-order valence-corrected chi connectivity index (χ0v) is 21.9. The number of halogens is 3. The number of fused-ring (bicyclic) bond motifs is 7. The van der Waals surface area contributed by atoms with Gasteiger partial charge in [0.25, 0.3) is 0 Å². The van der Waals surface area contributed by atoms with Crippen LogP contribution in [0.3, 0.4) is 0 Å². The minimum Gasteiger partial charge on any atom is -0.390 e. The van der Waals surface area contributed by atoms with E-state index in [1.807, 2.05) is 0 Å². The van der Waals surface area contributed by atoms with Crippen LogP contribution >= 0.6 is 0 Å². The molecule has 5 heteroatoms. The topological polar surface area (TPSA) is 40.5 Å². The molecule has 2 N–H and O–H groups in total. The van der Waals surface area contributed by atoms with Gasteiger partial charge in [-0.15, -0.1) is 0 Å². The van der Waals surface area contributed by atoms with Crippen molar-refractivity contribution in [1.82, 2.24) is 0 Å². The second-order valence-corrected chi connectivity index (χ2v) is 14.3. The van der Waals surface area contributed by atoms with Gasteiger partial charge in [-0.1, -0.05) is 27.7 Å². The van der Waals surface area contributed by atoms with E-state index in [1.54, 1.807) is 0 Å². The summed E-state index contributed by atoms with van der Waals surface area (Å²) in [6.45, 7) is 10.2. The van der Waals surface area contributed by atoms with Crippen LogP contribution in [0.25, 0.3) is 0 Å². The first-order valence-electron chi connectivity index (χ1n) is 14.2. The van der Waals surface area contributed by atoms with E-state index in [9.17, 15) is 23.4 Å². The quantitative estimate of drug-likeness (QED) is 0.428. The first-order valence-corrected chi connectivity index (χ1v) is 14.2. The van der Waals surface area contributed by atoms with E-state index in [0.717, 1.165) is 56.3 Å². The summed E-state index contributed by atoms with van der Waals surface area (Å²) in [4.78, 5) is 0. The molecule has 196 valence electrons. The van der Waals surface area contributed by atoms with Gasteiger partial charge in [0.15, 0.2) is 5.60 Å². The third-order valence-electron chi connectivity index (χ3n) is 12.7. The summed E-state index contributed by atoms with van der Waals surface area (Å²) < 4.78 is 39.8. The van der Waals surface area contributed by atoms with Crippen molar-refractivity contribution in [2.45, 2.75) is 123 Å². The zero-order valence-electron chi connectivity index (χ0n) is 21.9. The molecule has 0 spiro atoms. The predicted octanol–water partition coefficient (Wildman–Crippen LogP) is 7.37. The van der Waals surface area contributed by atoms with Crippen LogP contribution in [-0.4, -0.2) is 27.6 Å². The lowest BCUT2D eigenvalue weighted by Crippen LogP contribution is -2.56. The maximum Gasteiger partial charge on any atom is 0.416 e. The van der Waals surface area contributed by atoms with Crippen LogP contribution in [0.4, 0.5) is 13.2 Å². The third kappa shape index (κ3) is 3.63. The van der Waals surface area contributed by atoms with Crippen molar-refractivity contribution in [3.8, 4) is 0 Å². The predicted molar refractivity (Wildman–Crippen MR) is 128 cm³/mol. The maximum absolute atomic E-state index is 13.3. The Morgan fingerprint density at radius 1 is 0.971 bits per heavy atom. The fourth-order valence-electron chi connectivity index (χ4n) is 10.6. The largest absolute Gasteiger partial charge is 0.416 e. The van der Waals surface area contributed by atoms with Crippen LogP contribution in [0.2, 0.25) is 0 Å². The molecule has 0 amide bonds. The smallest absolute Gasteiger partial charge is 0.390 e. The van der Waals surface area contributed by atoms with Gasteiger partial charge >= 0.3 is 6.18 Å². The van der Waals surface area contributed by atoms with Crippen LogP contribution in [0.15, 0.2) is 0 Å². The second-order valence-electron chi connectivity index (χ2n) is 14.3. The number of aliphatic hydroxyl groups is 2. The summed E-state index contributed by atoms with van der Waals surface area (Å²) in [5.41, 5.74) is -2.48. The molecule has 0 aromatic heterocycles. The zero-order chi connectivity index (χ0) is 24.9. The summed E-state index contributed by atoms with van der Waals surface area (Å²) in [7, 11) is 0. The summed E-state index contributed by atoms with van der Waals surface area (Å²) in [5.74, 6) is 5.01. The molecule has 0 aromatic rings. The summed E-state index contributed by atoms with van der Waals surface area (Å²) in [5, 5.41) is 21.1. The van der Waals surface area contributed by atoms with Gasteiger partial charge in [0.1, 0.15) is 0 Å². The van der Waals surface area contributed by atoms with Gasteiger partial charge in [-0.05, 0) is 136 Å². The van der Waals surface area contributed by atoms with Crippen molar-refractivity contribution < 1.29 is 23.4 Å². The van der Waals surface area contributed by atoms with Gasteiger partial charge in [-0.3, -0.25) is 0 Å². The first kappa shape index (κ1) is 25.4. The lowest BCUT2D eigenvalue weighted by atomic mass is 9.42. The SMILES string of the molecule is CC[C@]1(O)CC[C@@]2(C)[C@@H](CC[C@H]3[C@@H]4[C@H]5C[C@H]5[C@H]([C@H](C)CC[C@@](C)(O)C(F)(F)F)[C@@]4(C)CC[C@@H]32)C1. The van der Waals surface area contributed by atoms with Crippen LogP contribution < -0.4 is 0 Å². The Morgan fingerprint density at radius 2 is 1.68 bits per heavy atom. The van der Waals surface area contributed by atoms with E-state index in [4.69, 9.17) is 0 Å². The van der Waals surface area contributed by atoms with E-state index in [2.05, 4.69) is 27.7 Å². The highest BCUT2D eigenvalue weighted by molar-refractivity contribution is 5.19. The molecule has 0 radical (unpaired) electrons. The molecule has 0 saturated heterocycles.